The third-order valence-electron chi connectivity index (χ3n) is 5.50. The van der Waals surface area contributed by atoms with Gasteiger partial charge in [-0.05, 0) is 29.8 Å². The molecule has 0 bridgehead atoms. The molecule has 2 N–H and O–H groups in total. The number of amides is 1. The molecule has 33 heavy (non-hydrogen) atoms. The average Bonchev–Trinajstić information content (AvgIpc) is 3.24. The zero-order valence-corrected chi connectivity index (χ0v) is 19.4. The Hall–Kier alpha value is -3.17. The molecule has 1 fully saturated rings. The summed E-state index contributed by atoms with van der Waals surface area (Å²) in [6.45, 7) is 0.364. The summed E-state index contributed by atoms with van der Waals surface area (Å²) in [4.78, 5) is 19.9. The van der Waals surface area contributed by atoms with E-state index in [1.54, 1.807) is 26.5 Å². The van der Waals surface area contributed by atoms with Crippen LogP contribution in [0.4, 0.5) is 0 Å². The standard InChI is InChI=1S/C24H27N3O5S/c1-30-21-5-3-16(11-22(21)31-2)13-25-23(28)6-4-17-14-26-24-20(17)12-19(15-27-24)32-18-7-9-33(29)10-8-18/h3-6,11-12,14-15,18H,7-10,13H2,1-2H3,(H,25,28)(H,26,27)/b6-4+. The number of rotatable bonds is 8. The molecule has 1 aromatic carbocycles. The first-order valence-electron chi connectivity index (χ1n) is 10.7. The average molecular weight is 470 g/mol. The second-order valence-corrected chi connectivity index (χ2v) is 9.41. The number of aromatic amines is 1. The normalized spacial score (nSPS) is 18.4. The lowest BCUT2D eigenvalue weighted by molar-refractivity contribution is -0.116. The van der Waals surface area contributed by atoms with Crippen LogP contribution in [-0.2, 0) is 22.5 Å². The Balaban J connectivity index is 1.38. The van der Waals surface area contributed by atoms with E-state index >= 15 is 0 Å². The Bertz CT molecular complexity index is 1140. The lowest BCUT2D eigenvalue weighted by atomic mass is 10.2. The SMILES string of the molecule is COc1ccc(CNC(=O)/C=C/c2c[nH]c3ncc(OC4CC[S+]([O-])CC4)cc23)cc1OC. The zero-order chi connectivity index (χ0) is 23.2. The molecule has 3 aromatic rings. The lowest BCUT2D eigenvalue weighted by Gasteiger charge is -2.24. The summed E-state index contributed by atoms with van der Waals surface area (Å²) in [5, 5.41) is 3.74. The summed E-state index contributed by atoms with van der Waals surface area (Å²) < 4.78 is 28.1. The number of carbonyl (C=O) groups excluding carboxylic acids is 1. The van der Waals surface area contributed by atoms with Crippen molar-refractivity contribution in [3.05, 3.63) is 53.9 Å². The van der Waals surface area contributed by atoms with Crippen LogP contribution in [-0.4, -0.2) is 52.3 Å². The molecule has 0 unspecified atom stereocenters. The number of methoxy groups -OCH3 is 2. The van der Waals surface area contributed by atoms with Gasteiger partial charge in [-0.1, -0.05) is 17.2 Å². The van der Waals surface area contributed by atoms with E-state index in [0.29, 0.717) is 35.3 Å². The monoisotopic (exact) mass is 469 g/mol. The van der Waals surface area contributed by atoms with E-state index in [-0.39, 0.29) is 12.0 Å². The number of fused-ring (bicyclic) bond motifs is 1. The number of ether oxygens (including phenoxy) is 3. The van der Waals surface area contributed by atoms with E-state index in [2.05, 4.69) is 15.3 Å². The number of aromatic nitrogens is 2. The molecule has 9 heteroatoms. The minimum Gasteiger partial charge on any atom is -0.616 e. The van der Waals surface area contributed by atoms with Crippen molar-refractivity contribution in [1.82, 2.24) is 15.3 Å². The molecule has 0 atom stereocenters. The van der Waals surface area contributed by atoms with Crippen molar-refractivity contribution in [2.45, 2.75) is 25.5 Å². The van der Waals surface area contributed by atoms with Crippen molar-refractivity contribution in [2.75, 3.05) is 25.7 Å². The van der Waals surface area contributed by atoms with Gasteiger partial charge in [0.15, 0.2) is 11.5 Å². The molecular weight excluding hydrogens is 442 g/mol. The van der Waals surface area contributed by atoms with Gasteiger partial charge in [0.05, 0.1) is 20.4 Å². The quantitative estimate of drug-likeness (QED) is 0.387. The van der Waals surface area contributed by atoms with Crippen molar-refractivity contribution < 1.29 is 23.6 Å². The maximum Gasteiger partial charge on any atom is 0.244 e. The van der Waals surface area contributed by atoms with Crippen molar-refractivity contribution in [1.29, 1.82) is 0 Å². The van der Waals surface area contributed by atoms with Crippen molar-refractivity contribution >= 4 is 34.2 Å². The maximum absolute atomic E-state index is 12.4. The Labute approximate surface area is 195 Å². The molecule has 1 saturated heterocycles. The third kappa shape index (κ3) is 5.80. The highest BCUT2D eigenvalue weighted by atomic mass is 32.2. The number of nitrogens with zero attached hydrogens (tertiary/aromatic N) is 1. The van der Waals surface area contributed by atoms with Gasteiger partial charge in [-0.2, -0.15) is 0 Å². The molecule has 4 rings (SSSR count). The summed E-state index contributed by atoms with van der Waals surface area (Å²) in [7, 11) is 3.16. The van der Waals surface area contributed by atoms with Gasteiger partial charge in [0.25, 0.3) is 0 Å². The minimum atomic E-state index is -0.723. The highest BCUT2D eigenvalue weighted by Crippen LogP contribution is 2.28. The number of hydrogen-bond donors (Lipinski definition) is 2. The van der Waals surface area contributed by atoms with E-state index in [0.717, 1.165) is 35.0 Å². The Kier molecular flexibility index (Phi) is 7.41. The van der Waals surface area contributed by atoms with Crippen molar-refractivity contribution in [3.8, 4) is 17.2 Å². The second-order valence-electron chi connectivity index (χ2n) is 7.72. The number of carbonyl (C=O) groups is 1. The van der Waals surface area contributed by atoms with Gasteiger partial charge >= 0.3 is 0 Å². The van der Waals surface area contributed by atoms with E-state index in [1.165, 1.54) is 6.08 Å². The molecule has 3 heterocycles. The zero-order valence-electron chi connectivity index (χ0n) is 18.6. The molecule has 0 spiro atoms. The van der Waals surface area contributed by atoms with Crippen LogP contribution in [0.3, 0.4) is 0 Å². The number of hydrogen-bond acceptors (Lipinski definition) is 6. The van der Waals surface area contributed by atoms with Crippen LogP contribution in [0.15, 0.2) is 42.7 Å². The Morgan fingerprint density at radius 1 is 1.24 bits per heavy atom. The number of benzene rings is 1. The summed E-state index contributed by atoms with van der Waals surface area (Å²) in [6.07, 6.45) is 8.36. The number of H-pyrrole nitrogens is 1. The Morgan fingerprint density at radius 3 is 2.79 bits per heavy atom. The van der Waals surface area contributed by atoms with E-state index in [1.807, 2.05) is 30.5 Å². The van der Waals surface area contributed by atoms with Gasteiger partial charge in [-0.15, -0.1) is 0 Å². The Morgan fingerprint density at radius 2 is 2.03 bits per heavy atom. The minimum absolute atomic E-state index is 0.0576. The lowest BCUT2D eigenvalue weighted by Crippen LogP contribution is -2.30. The maximum atomic E-state index is 12.4. The molecule has 8 nitrogen and oxygen atoms in total. The molecular formula is C24H27N3O5S. The number of pyridine rings is 1. The summed E-state index contributed by atoms with van der Waals surface area (Å²) >= 11 is -0.723. The molecule has 2 aromatic heterocycles. The summed E-state index contributed by atoms with van der Waals surface area (Å²) in [6, 6.07) is 7.44. The van der Waals surface area contributed by atoms with Crippen molar-refractivity contribution in [3.63, 3.8) is 0 Å². The van der Waals surface area contributed by atoms with Gasteiger partial charge in [0, 0.05) is 42.6 Å². The largest absolute Gasteiger partial charge is 0.616 e. The highest BCUT2D eigenvalue weighted by molar-refractivity contribution is 7.91. The van der Waals surface area contributed by atoms with E-state index < -0.39 is 11.2 Å². The fraction of sp³-hybridized carbons (Fsp3) is 0.333. The van der Waals surface area contributed by atoms with Crippen LogP contribution < -0.4 is 19.5 Å². The predicted molar refractivity (Wildman–Crippen MR) is 128 cm³/mol. The van der Waals surface area contributed by atoms with E-state index in [9.17, 15) is 9.35 Å². The van der Waals surface area contributed by atoms with Gasteiger partial charge in [0.2, 0.25) is 5.91 Å². The molecule has 1 amide bonds. The summed E-state index contributed by atoms with van der Waals surface area (Å²) in [5.41, 5.74) is 2.46. The van der Waals surface area contributed by atoms with Crippen LogP contribution in [0.2, 0.25) is 0 Å². The van der Waals surface area contributed by atoms with Gasteiger partial charge in [-0.3, -0.25) is 4.79 Å². The van der Waals surface area contributed by atoms with Crippen molar-refractivity contribution in [2.24, 2.45) is 0 Å². The summed E-state index contributed by atoms with van der Waals surface area (Å²) in [5.74, 6) is 3.07. The molecule has 1 aliphatic heterocycles. The van der Waals surface area contributed by atoms with Crippen LogP contribution in [0, 0.1) is 0 Å². The fourth-order valence-corrected chi connectivity index (χ4v) is 4.95. The van der Waals surface area contributed by atoms with Gasteiger partial charge < -0.3 is 29.1 Å². The highest BCUT2D eigenvalue weighted by Gasteiger charge is 2.23. The number of nitrogens with one attached hydrogen (secondary N) is 2. The topological polar surface area (TPSA) is 109 Å². The molecule has 0 radical (unpaired) electrons. The molecule has 0 aliphatic carbocycles. The van der Waals surface area contributed by atoms with E-state index in [4.69, 9.17) is 14.2 Å². The smallest absolute Gasteiger partial charge is 0.244 e. The third-order valence-corrected chi connectivity index (χ3v) is 6.89. The first kappa shape index (κ1) is 23.0. The first-order valence-corrected chi connectivity index (χ1v) is 12.2. The predicted octanol–water partition coefficient (Wildman–Crippen LogP) is 3.20. The molecule has 174 valence electrons. The second kappa shape index (κ2) is 10.6. The van der Waals surface area contributed by atoms with Crippen LogP contribution in [0.25, 0.3) is 17.1 Å². The molecule has 1 aliphatic rings. The van der Waals surface area contributed by atoms with Gasteiger partial charge in [0.1, 0.15) is 29.0 Å². The first-order chi connectivity index (χ1) is 16.1. The van der Waals surface area contributed by atoms with Crippen LogP contribution in [0.1, 0.15) is 24.0 Å². The van der Waals surface area contributed by atoms with Crippen LogP contribution >= 0.6 is 0 Å². The van der Waals surface area contributed by atoms with Crippen LogP contribution in [0.5, 0.6) is 17.2 Å². The fourth-order valence-electron chi connectivity index (χ4n) is 3.69. The molecule has 0 saturated carbocycles. The van der Waals surface area contributed by atoms with Gasteiger partial charge in [-0.25, -0.2) is 4.98 Å².